The van der Waals surface area contributed by atoms with Crippen molar-refractivity contribution in [2.24, 2.45) is 4.99 Å². The van der Waals surface area contributed by atoms with Crippen LogP contribution in [0.5, 0.6) is 0 Å². The highest BCUT2D eigenvalue weighted by atomic mass is 32.2. The number of fused-ring (bicyclic) bond motifs is 2. The van der Waals surface area contributed by atoms with Gasteiger partial charge in [-0.05, 0) is 46.8 Å². The van der Waals surface area contributed by atoms with Crippen molar-refractivity contribution in [3.8, 4) is 0 Å². The molecule has 2 atom stereocenters. The molecule has 0 radical (unpaired) electrons. The molecule has 2 N–H and O–H groups in total. The molecule has 0 bridgehead atoms. The second-order valence-corrected chi connectivity index (χ2v) is 8.79. The largest absolute Gasteiger partial charge is 0.312 e. The van der Waals surface area contributed by atoms with E-state index in [0.29, 0.717) is 22.8 Å². The first-order valence-electron chi connectivity index (χ1n) is 10.4. The quantitative estimate of drug-likeness (QED) is 0.395. The van der Waals surface area contributed by atoms with Crippen LogP contribution in [0.25, 0.3) is 21.7 Å². The van der Waals surface area contributed by atoms with E-state index in [1.54, 1.807) is 37.8 Å². The first-order valence-corrected chi connectivity index (χ1v) is 11.7. The number of nitrogens with one attached hydrogen (secondary N) is 2. The zero-order valence-corrected chi connectivity index (χ0v) is 18.9. The summed E-state index contributed by atoms with van der Waals surface area (Å²) in [5, 5.41) is 9.46. The minimum absolute atomic E-state index is 0.148. The van der Waals surface area contributed by atoms with Crippen molar-refractivity contribution in [1.82, 2.24) is 14.7 Å². The molecule has 0 saturated carbocycles. The Morgan fingerprint density at radius 3 is 2.73 bits per heavy atom. The molecule has 0 spiro atoms. The standard InChI is InChI=1S/C25H23N5O2S/c1-27-13-20(12-26)19-11-23-24(29-14-19)8-7-18-6-5-17(10-22(18)25(23)31)16-33(32)30-15-21-4-2-3-9-28-21/h2-14,20,26,30H,15-16H2,1H3. The number of rotatable bonds is 8. The van der Waals surface area contributed by atoms with Crippen molar-refractivity contribution in [2.75, 3.05) is 7.05 Å². The van der Waals surface area contributed by atoms with Crippen LogP contribution in [0.2, 0.25) is 0 Å². The molecule has 0 aliphatic carbocycles. The van der Waals surface area contributed by atoms with E-state index in [4.69, 9.17) is 5.41 Å². The van der Waals surface area contributed by atoms with Crippen molar-refractivity contribution in [3.05, 3.63) is 94.0 Å². The first-order chi connectivity index (χ1) is 16.1. The van der Waals surface area contributed by atoms with Crippen LogP contribution >= 0.6 is 0 Å². The van der Waals surface area contributed by atoms with Gasteiger partial charge >= 0.3 is 0 Å². The third-order valence-corrected chi connectivity index (χ3v) is 6.34. The Hall–Kier alpha value is -3.62. The number of benzene rings is 1. The highest BCUT2D eigenvalue weighted by molar-refractivity contribution is 7.82. The van der Waals surface area contributed by atoms with E-state index in [1.807, 2.05) is 42.5 Å². The molecule has 0 fully saturated rings. The molecule has 2 aromatic heterocycles. The lowest BCUT2D eigenvalue weighted by Gasteiger charge is -2.06. The van der Waals surface area contributed by atoms with Gasteiger partial charge in [-0.3, -0.25) is 19.8 Å². The van der Waals surface area contributed by atoms with Crippen molar-refractivity contribution in [3.63, 3.8) is 0 Å². The van der Waals surface area contributed by atoms with Gasteiger partial charge in [0.15, 0.2) is 5.43 Å². The second-order valence-electron chi connectivity index (χ2n) is 7.52. The van der Waals surface area contributed by atoms with Gasteiger partial charge in [0.1, 0.15) is 0 Å². The normalized spacial score (nSPS) is 13.4. The van der Waals surface area contributed by atoms with Crippen molar-refractivity contribution in [2.45, 2.75) is 18.2 Å². The van der Waals surface area contributed by atoms with Gasteiger partial charge < -0.3 is 5.41 Å². The summed E-state index contributed by atoms with van der Waals surface area (Å²) >= 11 is 0. The Morgan fingerprint density at radius 2 is 1.97 bits per heavy atom. The van der Waals surface area contributed by atoms with Gasteiger partial charge in [0.25, 0.3) is 0 Å². The smallest absolute Gasteiger partial charge is 0.195 e. The van der Waals surface area contributed by atoms with Gasteiger partial charge in [-0.2, -0.15) is 0 Å². The summed E-state index contributed by atoms with van der Waals surface area (Å²) in [5.41, 5.74) is 2.77. The van der Waals surface area contributed by atoms with E-state index in [9.17, 15) is 9.00 Å². The molecule has 2 unspecified atom stereocenters. The van der Waals surface area contributed by atoms with Crippen molar-refractivity contribution < 1.29 is 4.21 Å². The lowest BCUT2D eigenvalue weighted by Crippen LogP contribution is -2.18. The fraction of sp³-hybridized carbons (Fsp3) is 0.160. The first kappa shape index (κ1) is 22.6. The number of hydrogen-bond acceptors (Lipinski definition) is 6. The van der Waals surface area contributed by atoms with E-state index < -0.39 is 11.0 Å². The van der Waals surface area contributed by atoms with E-state index in [0.717, 1.165) is 22.2 Å². The van der Waals surface area contributed by atoms with Crippen LogP contribution in [0.4, 0.5) is 0 Å². The number of pyridine rings is 2. The monoisotopic (exact) mass is 457 g/mol. The zero-order valence-electron chi connectivity index (χ0n) is 18.1. The summed E-state index contributed by atoms with van der Waals surface area (Å²) in [6, 6.07) is 16.6. The van der Waals surface area contributed by atoms with Gasteiger partial charge in [-0.1, -0.05) is 24.3 Å². The van der Waals surface area contributed by atoms with Crippen LogP contribution in [0.15, 0.2) is 76.8 Å². The van der Waals surface area contributed by atoms with E-state index in [-0.39, 0.29) is 17.1 Å². The van der Waals surface area contributed by atoms with Crippen LogP contribution in [0, 0.1) is 5.41 Å². The number of aliphatic imine (C=N–C) groups is 1. The summed E-state index contributed by atoms with van der Waals surface area (Å²) in [7, 11) is 0.329. The van der Waals surface area contributed by atoms with Crippen LogP contribution in [-0.2, 0) is 23.3 Å². The summed E-state index contributed by atoms with van der Waals surface area (Å²) in [6.45, 7) is 0.400. The van der Waals surface area contributed by atoms with Gasteiger partial charge in [0, 0.05) is 42.6 Å². The fourth-order valence-electron chi connectivity index (χ4n) is 3.58. The third-order valence-electron chi connectivity index (χ3n) is 5.28. The molecule has 4 rings (SSSR count). The predicted molar refractivity (Wildman–Crippen MR) is 134 cm³/mol. The van der Waals surface area contributed by atoms with Crippen LogP contribution in [0.3, 0.4) is 0 Å². The molecule has 7 nitrogen and oxygen atoms in total. The third kappa shape index (κ3) is 5.24. The van der Waals surface area contributed by atoms with E-state index >= 15 is 0 Å². The van der Waals surface area contributed by atoms with Crippen LogP contribution < -0.4 is 10.2 Å². The average Bonchev–Trinajstić information content (AvgIpc) is 2.98. The molecule has 0 amide bonds. The van der Waals surface area contributed by atoms with E-state index in [2.05, 4.69) is 19.7 Å². The molecule has 33 heavy (non-hydrogen) atoms. The maximum absolute atomic E-state index is 13.4. The van der Waals surface area contributed by atoms with Gasteiger partial charge in [-0.15, -0.1) is 0 Å². The Bertz CT molecular complexity index is 1420. The molecule has 0 aliphatic heterocycles. The Kier molecular flexibility index (Phi) is 7.07. The summed E-state index contributed by atoms with van der Waals surface area (Å²) in [6.07, 6.45) is 6.29. The molecule has 4 aromatic rings. The molecular formula is C25H23N5O2S. The van der Waals surface area contributed by atoms with Crippen molar-refractivity contribution in [1.29, 1.82) is 5.41 Å². The SMILES string of the molecule is CN=CC(C=N)c1cnc2ccc3ccc(CS(=O)NCc4ccccn4)cc3c(=O)c2c1. The molecule has 2 aromatic carbocycles. The topological polar surface area (TPSA) is 108 Å². The van der Waals surface area contributed by atoms with E-state index in [1.165, 1.54) is 6.21 Å². The van der Waals surface area contributed by atoms with Gasteiger partial charge in [0.2, 0.25) is 0 Å². The molecule has 0 saturated heterocycles. The van der Waals surface area contributed by atoms with Crippen molar-refractivity contribution >= 4 is 45.1 Å². The maximum Gasteiger partial charge on any atom is 0.195 e. The highest BCUT2D eigenvalue weighted by Crippen LogP contribution is 2.20. The minimum Gasteiger partial charge on any atom is -0.312 e. The van der Waals surface area contributed by atoms with Crippen LogP contribution in [0.1, 0.15) is 22.7 Å². The Morgan fingerprint density at radius 1 is 1.12 bits per heavy atom. The second kappa shape index (κ2) is 10.3. The van der Waals surface area contributed by atoms with Crippen LogP contribution in [-0.4, -0.2) is 33.7 Å². The number of aromatic nitrogens is 2. The Labute approximate surface area is 193 Å². The summed E-state index contributed by atoms with van der Waals surface area (Å²) < 4.78 is 15.5. The number of hydrogen-bond donors (Lipinski definition) is 2. The summed E-state index contributed by atoms with van der Waals surface area (Å²) in [5.74, 6) is -0.0725. The number of nitrogens with zero attached hydrogens (tertiary/aromatic N) is 3. The Balaban J connectivity index is 1.67. The average molecular weight is 458 g/mol. The minimum atomic E-state index is -1.32. The zero-order chi connectivity index (χ0) is 23.2. The summed E-state index contributed by atoms with van der Waals surface area (Å²) in [4.78, 5) is 26.1. The molecular weight excluding hydrogens is 434 g/mol. The molecule has 8 heteroatoms. The highest BCUT2D eigenvalue weighted by Gasteiger charge is 2.11. The predicted octanol–water partition coefficient (Wildman–Crippen LogP) is 3.53. The maximum atomic E-state index is 13.4. The fourth-order valence-corrected chi connectivity index (χ4v) is 4.48. The molecule has 0 aliphatic rings. The lowest BCUT2D eigenvalue weighted by atomic mass is 10.0. The van der Waals surface area contributed by atoms with Gasteiger partial charge in [-0.25, -0.2) is 8.93 Å². The molecule has 166 valence electrons. The lowest BCUT2D eigenvalue weighted by molar-refractivity contribution is 0.670. The molecule has 2 heterocycles. The van der Waals surface area contributed by atoms with Gasteiger partial charge in [0.05, 0.1) is 40.4 Å².